The second-order valence-corrected chi connectivity index (χ2v) is 8.40. The Labute approximate surface area is 157 Å². The standard InChI is InChI=1S/C22H23NO4/c1-26-12-5-6-15(16(8-12)27-2)23-21(24)19-13-9-14(20(19)22(23)25)18-11-4-3-10(7-11)17(13)18/h3-6,8,10-11,13-14,17-18,24-25H,7,9H2,1-2H3. The van der Waals surface area contributed by atoms with E-state index in [0.29, 0.717) is 52.7 Å². The lowest BCUT2D eigenvalue weighted by atomic mass is 9.72. The van der Waals surface area contributed by atoms with Crippen molar-refractivity contribution >= 4 is 0 Å². The number of hydrogen-bond acceptors (Lipinski definition) is 4. The lowest BCUT2D eigenvalue weighted by Crippen LogP contribution is -2.24. The van der Waals surface area contributed by atoms with Crippen LogP contribution in [-0.4, -0.2) is 29.0 Å². The van der Waals surface area contributed by atoms with Gasteiger partial charge >= 0.3 is 0 Å². The van der Waals surface area contributed by atoms with E-state index in [-0.39, 0.29) is 11.8 Å². The SMILES string of the molecule is COc1ccc(-n2c(O)c3c(c2O)C2CC3C3C4C=CC(C4)C23)c(OC)c1. The Morgan fingerprint density at radius 2 is 1.52 bits per heavy atom. The molecule has 6 atom stereocenters. The van der Waals surface area contributed by atoms with Gasteiger partial charge in [-0.2, -0.15) is 0 Å². The molecule has 6 unspecified atom stereocenters. The molecule has 140 valence electrons. The summed E-state index contributed by atoms with van der Waals surface area (Å²) in [4.78, 5) is 0. The fourth-order valence-corrected chi connectivity index (χ4v) is 6.75. The van der Waals surface area contributed by atoms with Crippen LogP contribution in [0.3, 0.4) is 0 Å². The minimum Gasteiger partial charge on any atom is -0.497 e. The molecule has 2 saturated carbocycles. The molecule has 1 aromatic carbocycles. The lowest BCUT2D eigenvalue weighted by Gasteiger charge is -2.31. The zero-order valence-electron chi connectivity index (χ0n) is 15.4. The van der Waals surface area contributed by atoms with Gasteiger partial charge in [0.15, 0.2) is 0 Å². The van der Waals surface area contributed by atoms with Crippen LogP contribution >= 0.6 is 0 Å². The van der Waals surface area contributed by atoms with Gasteiger partial charge in [0.05, 0.1) is 19.9 Å². The largest absolute Gasteiger partial charge is 0.497 e. The molecule has 0 aliphatic heterocycles. The number of nitrogens with zero attached hydrogens (tertiary/aromatic N) is 1. The normalized spacial score (nSPS) is 34.1. The zero-order chi connectivity index (χ0) is 18.4. The zero-order valence-corrected chi connectivity index (χ0v) is 15.4. The van der Waals surface area contributed by atoms with E-state index < -0.39 is 0 Å². The van der Waals surface area contributed by atoms with Gasteiger partial charge in [-0.1, -0.05) is 12.2 Å². The van der Waals surface area contributed by atoms with Crippen LogP contribution in [0.2, 0.25) is 0 Å². The van der Waals surface area contributed by atoms with Crippen LogP contribution in [0.1, 0.15) is 35.8 Å². The maximum Gasteiger partial charge on any atom is 0.202 e. The van der Waals surface area contributed by atoms with Crippen molar-refractivity contribution in [3.05, 3.63) is 41.5 Å². The number of rotatable bonds is 3. The van der Waals surface area contributed by atoms with Crippen LogP contribution in [0.4, 0.5) is 0 Å². The highest BCUT2D eigenvalue weighted by atomic mass is 16.5. The Morgan fingerprint density at radius 3 is 2.07 bits per heavy atom. The van der Waals surface area contributed by atoms with E-state index in [9.17, 15) is 10.2 Å². The third-order valence-electron chi connectivity index (χ3n) is 7.59. The molecular formula is C22H23NO4. The highest BCUT2D eigenvalue weighted by Crippen LogP contribution is 2.72. The number of methoxy groups -OCH3 is 2. The molecule has 0 spiro atoms. The summed E-state index contributed by atoms with van der Waals surface area (Å²) in [5, 5.41) is 22.3. The molecule has 2 fully saturated rings. The predicted octanol–water partition coefficient (Wildman–Crippen LogP) is 3.93. The smallest absolute Gasteiger partial charge is 0.202 e. The van der Waals surface area contributed by atoms with Gasteiger partial charge in [0, 0.05) is 17.2 Å². The summed E-state index contributed by atoms with van der Waals surface area (Å²) >= 11 is 0. The summed E-state index contributed by atoms with van der Waals surface area (Å²) in [6.07, 6.45) is 7.08. The average Bonchev–Trinajstić information content (AvgIpc) is 3.47. The summed E-state index contributed by atoms with van der Waals surface area (Å²) in [6.45, 7) is 0. The van der Waals surface area contributed by atoms with E-state index in [2.05, 4.69) is 12.2 Å². The highest BCUT2D eigenvalue weighted by molar-refractivity contribution is 5.64. The predicted molar refractivity (Wildman–Crippen MR) is 100 cm³/mol. The number of benzene rings is 1. The van der Waals surface area contributed by atoms with E-state index in [1.807, 2.05) is 12.1 Å². The first kappa shape index (κ1) is 15.5. The lowest BCUT2D eigenvalue weighted by molar-refractivity contribution is 0.298. The van der Waals surface area contributed by atoms with E-state index in [4.69, 9.17) is 9.47 Å². The Bertz CT molecular complexity index is 943. The molecule has 2 aromatic rings. The van der Waals surface area contributed by atoms with E-state index in [1.54, 1.807) is 24.9 Å². The second kappa shape index (κ2) is 5.03. The number of hydrogen-bond donors (Lipinski definition) is 2. The molecule has 1 aromatic heterocycles. The summed E-state index contributed by atoms with van der Waals surface area (Å²) in [6, 6.07) is 5.41. The summed E-state index contributed by atoms with van der Waals surface area (Å²) < 4.78 is 12.3. The molecule has 5 heteroatoms. The molecule has 27 heavy (non-hydrogen) atoms. The minimum absolute atomic E-state index is 0.170. The van der Waals surface area contributed by atoms with Gasteiger partial charge < -0.3 is 19.7 Å². The van der Waals surface area contributed by atoms with Crippen molar-refractivity contribution < 1.29 is 19.7 Å². The third-order valence-corrected chi connectivity index (χ3v) is 7.59. The van der Waals surface area contributed by atoms with Gasteiger partial charge in [-0.15, -0.1) is 0 Å². The maximum absolute atomic E-state index is 11.1. The molecule has 1 heterocycles. The van der Waals surface area contributed by atoms with Gasteiger partial charge in [0.25, 0.3) is 0 Å². The van der Waals surface area contributed by atoms with Crippen molar-refractivity contribution in [3.8, 4) is 28.9 Å². The number of ether oxygens (including phenoxy) is 2. The second-order valence-electron chi connectivity index (χ2n) is 8.40. The van der Waals surface area contributed by atoms with Crippen LogP contribution in [-0.2, 0) is 0 Å². The Balaban J connectivity index is 1.52. The first-order valence-corrected chi connectivity index (χ1v) is 9.71. The molecule has 6 rings (SSSR count). The van der Waals surface area contributed by atoms with Crippen molar-refractivity contribution in [2.75, 3.05) is 14.2 Å². The van der Waals surface area contributed by atoms with Crippen LogP contribution in [0, 0.1) is 23.7 Å². The monoisotopic (exact) mass is 365 g/mol. The molecule has 0 amide bonds. The third kappa shape index (κ3) is 1.71. The molecule has 2 N–H and O–H groups in total. The van der Waals surface area contributed by atoms with Gasteiger partial charge in [-0.25, -0.2) is 4.57 Å². The number of allylic oxidation sites excluding steroid dienone is 2. The molecule has 0 saturated heterocycles. The molecular weight excluding hydrogens is 342 g/mol. The fraction of sp³-hybridized carbons (Fsp3) is 0.455. The first-order valence-electron chi connectivity index (χ1n) is 9.71. The Morgan fingerprint density at radius 1 is 0.889 bits per heavy atom. The highest BCUT2D eigenvalue weighted by Gasteiger charge is 2.62. The van der Waals surface area contributed by atoms with Crippen molar-refractivity contribution in [3.63, 3.8) is 0 Å². The fourth-order valence-electron chi connectivity index (χ4n) is 6.75. The quantitative estimate of drug-likeness (QED) is 0.639. The average molecular weight is 365 g/mol. The van der Waals surface area contributed by atoms with Crippen LogP contribution in [0.25, 0.3) is 5.69 Å². The minimum atomic E-state index is 0.170. The van der Waals surface area contributed by atoms with Crippen LogP contribution < -0.4 is 9.47 Å². The van der Waals surface area contributed by atoms with Gasteiger partial charge in [-0.3, -0.25) is 0 Å². The number of aromatic hydroxyl groups is 2. The number of aromatic nitrogens is 1. The van der Waals surface area contributed by atoms with Crippen LogP contribution in [0.5, 0.6) is 23.3 Å². The van der Waals surface area contributed by atoms with Crippen molar-refractivity contribution in [1.29, 1.82) is 0 Å². The Kier molecular flexibility index (Phi) is 2.89. The van der Waals surface area contributed by atoms with Crippen molar-refractivity contribution in [1.82, 2.24) is 4.57 Å². The van der Waals surface area contributed by atoms with Gasteiger partial charge in [0.1, 0.15) is 11.5 Å². The molecule has 0 radical (unpaired) electrons. The van der Waals surface area contributed by atoms with Crippen molar-refractivity contribution in [2.24, 2.45) is 23.7 Å². The summed E-state index contributed by atoms with van der Waals surface area (Å²) in [7, 11) is 3.19. The number of fused-ring (bicyclic) bond motifs is 12. The topological polar surface area (TPSA) is 63.9 Å². The molecule has 4 aliphatic carbocycles. The molecule has 4 bridgehead atoms. The van der Waals surface area contributed by atoms with Gasteiger partial charge in [0.2, 0.25) is 11.8 Å². The first-order chi connectivity index (χ1) is 13.1. The van der Waals surface area contributed by atoms with Crippen molar-refractivity contribution in [2.45, 2.75) is 24.7 Å². The van der Waals surface area contributed by atoms with Gasteiger partial charge in [-0.05, 0) is 60.5 Å². The maximum atomic E-state index is 11.1. The van der Waals surface area contributed by atoms with E-state index in [0.717, 1.165) is 17.5 Å². The summed E-state index contributed by atoms with van der Waals surface area (Å²) in [5.74, 6) is 4.81. The van der Waals surface area contributed by atoms with Crippen LogP contribution in [0.15, 0.2) is 30.4 Å². The van der Waals surface area contributed by atoms with E-state index >= 15 is 0 Å². The molecule has 5 nitrogen and oxygen atoms in total. The summed E-state index contributed by atoms with van der Waals surface area (Å²) in [5.41, 5.74) is 2.57. The molecule has 4 aliphatic rings. The van der Waals surface area contributed by atoms with E-state index in [1.165, 1.54) is 6.42 Å². The Hall–Kier alpha value is -2.56.